The minimum atomic E-state index is -3.91. The van der Waals surface area contributed by atoms with Crippen LogP contribution in [-0.4, -0.2) is 66.4 Å². The van der Waals surface area contributed by atoms with Gasteiger partial charge in [-0.25, -0.2) is 27.2 Å². The zero-order valence-corrected chi connectivity index (χ0v) is 27.2. The van der Waals surface area contributed by atoms with E-state index in [0.717, 1.165) is 9.75 Å². The number of rotatable bonds is 6. The number of pyridine rings is 1. The molecule has 1 amide bonds. The normalized spacial score (nSPS) is 14.8. The molecule has 6 heterocycles. The van der Waals surface area contributed by atoms with Crippen LogP contribution in [0, 0.1) is 18.3 Å². The number of hydrogen-bond acceptors (Lipinski definition) is 9. The molecule has 0 bridgehead atoms. The molecule has 14 heteroatoms. The molecule has 0 aliphatic carbocycles. The first-order valence-corrected chi connectivity index (χ1v) is 16.8. The van der Waals surface area contributed by atoms with Crippen molar-refractivity contribution in [2.24, 2.45) is 0 Å². The highest BCUT2D eigenvalue weighted by molar-refractivity contribution is 7.90. The number of nitrogens with zero attached hydrogens (tertiary/aromatic N) is 8. The number of benzene rings is 1. The number of imidazole rings is 1. The SMILES string of the molecule is Cc1ccc(-c2nc3cnc4c(ccn4S(=O)(=O)c4ccccc4)c3n2-c2cnn(C3(CC#N)CN(C(=O)OC(C)(C)C)C3)c2)s1. The van der Waals surface area contributed by atoms with Gasteiger partial charge >= 0.3 is 6.09 Å². The lowest BCUT2D eigenvalue weighted by atomic mass is 9.87. The molecule has 1 aliphatic rings. The van der Waals surface area contributed by atoms with Crippen LogP contribution in [0.25, 0.3) is 38.5 Å². The number of aromatic nitrogens is 6. The number of carbonyl (C=O) groups is 1. The summed E-state index contributed by atoms with van der Waals surface area (Å²) in [5.74, 6) is 0.652. The molecule has 1 aromatic carbocycles. The molecule has 0 saturated carbocycles. The van der Waals surface area contributed by atoms with E-state index in [0.29, 0.717) is 27.9 Å². The predicted octanol–water partition coefficient (Wildman–Crippen LogP) is 5.71. The van der Waals surface area contributed by atoms with Crippen LogP contribution in [0.1, 0.15) is 32.1 Å². The van der Waals surface area contributed by atoms with Gasteiger partial charge in [-0.3, -0.25) is 9.25 Å². The summed E-state index contributed by atoms with van der Waals surface area (Å²) in [7, 11) is -3.91. The van der Waals surface area contributed by atoms with Gasteiger partial charge in [0.15, 0.2) is 11.5 Å². The van der Waals surface area contributed by atoms with Crippen molar-refractivity contribution in [3.63, 3.8) is 0 Å². The number of fused-ring (bicyclic) bond motifs is 3. The third-order valence-electron chi connectivity index (χ3n) is 7.90. The molecule has 7 rings (SSSR count). The highest BCUT2D eigenvalue weighted by Gasteiger charge is 2.49. The van der Waals surface area contributed by atoms with Crippen LogP contribution in [0.15, 0.2) is 78.2 Å². The van der Waals surface area contributed by atoms with Crippen molar-refractivity contribution in [1.29, 1.82) is 5.26 Å². The number of carbonyl (C=O) groups excluding carboxylic acids is 1. The van der Waals surface area contributed by atoms with E-state index in [-0.39, 0.29) is 30.1 Å². The fraction of sp³-hybridized carbons (Fsp3) is 0.281. The maximum Gasteiger partial charge on any atom is 0.410 e. The molecule has 46 heavy (non-hydrogen) atoms. The average Bonchev–Trinajstić information content (AvgIpc) is 3.78. The van der Waals surface area contributed by atoms with Crippen LogP contribution in [0.5, 0.6) is 0 Å². The van der Waals surface area contributed by atoms with Crippen molar-refractivity contribution in [3.8, 4) is 22.5 Å². The number of ether oxygens (including phenoxy) is 1. The zero-order valence-electron chi connectivity index (χ0n) is 25.6. The second kappa shape index (κ2) is 10.5. The van der Waals surface area contributed by atoms with Gasteiger partial charge in [-0.05, 0) is 58.0 Å². The Balaban J connectivity index is 1.36. The number of thiophene rings is 1. The molecule has 0 spiro atoms. The van der Waals surface area contributed by atoms with Crippen LogP contribution >= 0.6 is 11.3 Å². The van der Waals surface area contributed by atoms with Gasteiger partial charge in [0.05, 0.1) is 58.9 Å². The molecule has 1 fully saturated rings. The molecular formula is C32H30N8O4S2. The first-order chi connectivity index (χ1) is 21.9. The molecule has 1 saturated heterocycles. The van der Waals surface area contributed by atoms with Gasteiger partial charge in [0.2, 0.25) is 0 Å². The molecular weight excluding hydrogens is 625 g/mol. The van der Waals surface area contributed by atoms with E-state index in [1.54, 1.807) is 69.7 Å². The van der Waals surface area contributed by atoms with E-state index in [9.17, 15) is 18.5 Å². The number of aryl methyl sites for hydroxylation is 1. The Morgan fingerprint density at radius 3 is 2.54 bits per heavy atom. The molecule has 1 aliphatic heterocycles. The summed E-state index contributed by atoms with van der Waals surface area (Å²) in [5.41, 5.74) is 0.828. The molecule has 0 unspecified atom stereocenters. The maximum atomic E-state index is 13.6. The molecule has 0 radical (unpaired) electrons. The van der Waals surface area contributed by atoms with Gasteiger partial charge < -0.3 is 9.64 Å². The van der Waals surface area contributed by atoms with E-state index in [1.807, 2.05) is 50.6 Å². The minimum absolute atomic E-state index is 0.142. The molecule has 0 atom stereocenters. The first kappa shape index (κ1) is 29.7. The fourth-order valence-corrected chi connectivity index (χ4v) is 7.96. The van der Waals surface area contributed by atoms with Crippen LogP contribution in [0.3, 0.4) is 0 Å². The molecule has 5 aromatic heterocycles. The number of amides is 1. The van der Waals surface area contributed by atoms with Crippen molar-refractivity contribution in [2.45, 2.75) is 50.2 Å². The van der Waals surface area contributed by atoms with Crippen molar-refractivity contribution in [2.75, 3.05) is 13.1 Å². The lowest BCUT2D eigenvalue weighted by molar-refractivity contribution is -0.0314. The van der Waals surface area contributed by atoms with E-state index in [4.69, 9.17) is 9.72 Å². The third kappa shape index (κ3) is 4.83. The topological polar surface area (TPSA) is 141 Å². The summed E-state index contributed by atoms with van der Waals surface area (Å²) < 4.78 is 37.7. The minimum Gasteiger partial charge on any atom is -0.444 e. The second-order valence-corrected chi connectivity index (χ2v) is 15.5. The molecule has 234 valence electrons. The summed E-state index contributed by atoms with van der Waals surface area (Å²) in [5, 5.41) is 15.0. The zero-order chi connectivity index (χ0) is 32.4. The molecule has 12 nitrogen and oxygen atoms in total. The lowest BCUT2D eigenvalue weighted by Crippen LogP contribution is -2.64. The van der Waals surface area contributed by atoms with Crippen LogP contribution in [-0.2, 0) is 20.3 Å². The standard InChI is InChI=1S/C32H30N8O4S2/c1-21-10-11-26(45-21)29-36-25-17-34-28-24(12-15-38(28)46(42,43)23-8-6-5-7-9-23)27(25)40(29)22-16-35-39(18-22)32(13-14-33)19-37(20-32)30(41)44-31(2,3)4/h5-12,15-18H,13,19-20H2,1-4H3. The average molecular weight is 655 g/mol. The Morgan fingerprint density at radius 1 is 1.11 bits per heavy atom. The van der Waals surface area contributed by atoms with Crippen LogP contribution in [0.4, 0.5) is 4.79 Å². The Kier molecular flexibility index (Phi) is 6.80. The van der Waals surface area contributed by atoms with Gasteiger partial charge in [-0.15, -0.1) is 11.3 Å². The smallest absolute Gasteiger partial charge is 0.410 e. The van der Waals surface area contributed by atoms with Crippen molar-refractivity contribution in [1.82, 2.24) is 33.2 Å². The Morgan fingerprint density at radius 2 is 1.87 bits per heavy atom. The summed E-state index contributed by atoms with van der Waals surface area (Å²) in [6.07, 6.45) is 6.35. The quantitative estimate of drug-likeness (QED) is 0.223. The van der Waals surface area contributed by atoms with E-state index < -0.39 is 27.3 Å². The summed E-state index contributed by atoms with van der Waals surface area (Å²) >= 11 is 1.59. The summed E-state index contributed by atoms with van der Waals surface area (Å²) in [4.78, 5) is 26.0. The monoisotopic (exact) mass is 654 g/mol. The predicted molar refractivity (Wildman–Crippen MR) is 173 cm³/mol. The maximum absolute atomic E-state index is 13.6. The third-order valence-corrected chi connectivity index (χ3v) is 10.6. The number of hydrogen-bond donors (Lipinski definition) is 0. The van der Waals surface area contributed by atoms with Gasteiger partial charge in [0.1, 0.15) is 16.7 Å². The Labute approximate surface area is 269 Å². The Bertz CT molecular complexity index is 2280. The highest BCUT2D eigenvalue weighted by Crippen LogP contribution is 2.38. The largest absolute Gasteiger partial charge is 0.444 e. The van der Waals surface area contributed by atoms with Gasteiger partial charge in [0.25, 0.3) is 10.0 Å². The van der Waals surface area contributed by atoms with Gasteiger partial charge in [-0.2, -0.15) is 10.4 Å². The summed E-state index contributed by atoms with van der Waals surface area (Å²) in [6.45, 7) is 8.00. The molecule has 6 aromatic rings. The van der Waals surface area contributed by atoms with Crippen molar-refractivity contribution >= 4 is 49.5 Å². The van der Waals surface area contributed by atoms with E-state index >= 15 is 0 Å². The molecule has 0 N–H and O–H groups in total. The van der Waals surface area contributed by atoms with Gasteiger partial charge in [-0.1, -0.05) is 18.2 Å². The second-order valence-electron chi connectivity index (χ2n) is 12.4. The van der Waals surface area contributed by atoms with Crippen molar-refractivity contribution in [3.05, 3.63) is 78.2 Å². The van der Waals surface area contributed by atoms with Gasteiger partial charge in [0, 0.05) is 22.7 Å². The fourth-order valence-electron chi connectivity index (χ4n) is 5.79. The number of likely N-dealkylation sites (tertiary alicyclic amines) is 1. The lowest BCUT2D eigenvalue weighted by Gasteiger charge is -2.48. The van der Waals surface area contributed by atoms with Crippen LogP contribution in [0.2, 0.25) is 0 Å². The van der Waals surface area contributed by atoms with E-state index in [1.165, 1.54) is 10.2 Å². The first-order valence-electron chi connectivity index (χ1n) is 14.6. The van der Waals surface area contributed by atoms with E-state index in [2.05, 4.69) is 16.2 Å². The summed E-state index contributed by atoms with van der Waals surface area (Å²) in [6, 6.07) is 16.2. The Hall–Kier alpha value is -5.00. The highest BCUT2D eigenvalue weighted by atomic mass is 32.2. The van der Waals surface area contributed by atoms with Crippen molar-refractivity contribution < 1.29 is 17.9 Å². The number of nitriles is 1. The van der Waals surface area contributed by atoms with Crippen LogP contribution < -0.4 is 0 Å².